The molecule has 0 bridgehead atoms. The Morgan fingerprint density at radius 2 is 1.38 bits per heavy atom. The predicted molar refractivity (Wildman–Crippen MR) is 93.3 cm³/mol. The van der Waals surface area contributed by atoms with Crippen LogP contribution >= 0.6 is 0 Å². The van der Waals surface area contributed by atoms with Crippen molar-refractivity contribution in [2.45, 2.75) is 27.7 Å². The number of halogens is 3. The summed E-state index contributed by atoms with van der Waals surface area (Å²) in [7, 11) is 0. The lowest BCUT2D eigenvalue weighted by Gasteiger charge is -2.24. The third kappa shape index (κ3) is 3.71. The van der Waals surface area contributed by atoms with Crippen LogP contribution in [0, 0.1) is 36.7 Å². The molecule has 2 aromatic rings. The first-order chi connectivity index (χ1) is 12.1. The lowest BCUT2D eigenvalue weighted by atomic mass is 9.90. The lowest BCUT2D eigenvalue weighted by Crippen LogP contribution is -2.42. The SMILES string of the molecule is Cc1cccc(C)c1NC(=O)C(C)(C)C(=O)Nc1ccc(F)c(F)c1F. The fourth-order valence-corrected chi connectivity index (χ4v) is 2.29. The van der Waals surface area contributed by atoms with Gasteiger partial charge in [-0.05, 0) is 51.0 Å². The van der Waals surface area contributed by atoms with Crippen LogP contribution < -0.4 is 10.6 Å². The maximum atomic E-state index is 13.7. The highest BCUT2D eigenvalue weighted by Crippen LogP contribution is 2.26. The Hall–Kier alpha value is -2.83. The second-order valence-electron chi connectivity index (χ2n) is 6.52. The van der Waals surface area contributed by atoms with Gasteiger partial charge in [0.1, 0.15) is 5.41 Å². The van der Waals surface area contributed by atoms with Crippen molar-refractivity contribution in [1.82, 2.24) is 0 Å². The number of anilines is 2. The Bertz CT molecular complexity index is 859. The largest absolute Gasteiger partial charge is 0.325 e. The molecule has 2 amide bonds. The van der Waals surface area contributed by atoms with Gasteiger partial charge < -0.3 is 10.6 Å². The number of amides is 2. The van der Waals surface area contributed by atoms with E-state index in [1.54, 1.807) is 0 Å². The molecule has 0 radical (unpaired) electrons. The van der Waals surface area contributed by atoms with E-state index in [9.17, 15) is 22.8 Å². The first-order valence-corrected chi connectivity index (χ1v) is 7.88. The smallest absolute Gasteiger partial charge is 0.239 e. The predicted octanol–water partition coefficient (Wildman–Crippen LogP) is 4.32. The van der Waals surface area contributed by atoms with Gasteiger partial charge >= 0.3 is 0 Å². The summed E-state index contributed by atoms with van der Waals surface area (Å²) in [5, 5.41) is 4.83. The minimum absolute atomic E-state index is 0.540. The van der Waals surface area contributed by atoms with E-state index in [1.807, 2.05) is 32.0 Å². The fourth-order valence-electron chi connectivity index (χ4n) is 2.29. The van der Waals surface area contributed by atoms with Crippen molar-refractivity contribution in [3.63, 3.8) is 0 Å². The van der Waals surface area contributed by atoms with Crippen LogP contribution in [-0.2, 0) is 9.59 Å². The average molecular weight is 364 g/mol. The van der Waals surface area contributed by atoms with E-state index >= 15 is 0 Å². The van der Waals surface area contributed by atoms with E-state index < -0.39 is 40.4 Å². The zero-order chi connectivity index (χ0) is 19.6. The molecule has 138 valence electrons. The number of rotatable bonds is 4. The number of carbonyl (C=O) groups is 2. The summed E-state index contributed by atoms with van der Waals surface area (Å²) in [6.07, 6.45) is 0. The molecule has 0 aromatic heterocycles. The molecule has 0 saturated heterocycles. The molecule has 0 aliphatic carbocycles. The Morgan fingerprint density at radius 3 is 1.96 bits per heavy atom. The number of para-hydroxylation sites is 1. The summed E-state index contributed by atoms with van der Waals surface area (Å²) in [5.74, 6) is -6.06. The molecule has 0 unspecified atom stereocenters. The average Bonchev–Trinajstić information content (AvgIpc) is 2.58. The third-order valence-corrected chi connectivity index (χ3v) is 4.14. The van der Waals surface area contributed by atoms with Crippen LogP contribution in [0.4, 0.5) is 24.5 Å². The van der Waals surface area contributed by atoms with Crippen molar-refractivity contribution < 1.29 is 22.8 Å². The van der Waals surface area contributed by atoms with Gasteiger partial charge in [0.15, 0.2) is 17.5 Å². The van der Waals surface area contributed by atoms with Crippen LogP contribution in [0.25, 0.3) is 0 Å². The van der Waals surface area contributed by atoms with Gasteiger partial charge in [0.2, 0.25) is 11.8 Å². The first-order valence-electron chi connectivity index (χ1n) is 7.88. The van der Waals surface area contributed by atoms with Crippen LogP contribution in [0.1, 0.15) is 25.0 Å². The number of carbonyl (C=O) groups excluding carboxylic acids is 2. The molecule has 2 aromatic carbocycles. The van der Waals surface area contributed by atoms with Crippen molar-refractivity contribution in [3.8, 4) is 0 Å². The number of aryl methyl sites for hydroxylation is 2. The zero-order valence-electron chi connectivity index (χ0n) is 14.8. The molecule has 0 aliphatic heterocycles. The third-order valence-electron chi connectivity index (χ3n) is 4.14. The Morgan fingerprint density at radius 1 is 0.846 bits per heavy atom. The highest BCUT2D eigenvalue weighted by Gasteiger charge is 2.37. The van der Waals surface area contributed by atoms with E-state index in [0.717, 1.165) is 17.2 Å². The second-order valence-corrected chi connectivity index (χ2v) is 6.52. The Labute approximate surface area is 149 Å². The summed E-state index contributed by atoms with van der Waals surface area (Å²) in [5.41, 5.74) is 0.0908. The molecule has 2 rings (SSSR count). The van der Waals surface area contributed by atoms with Crippen molar-refractivity contribution in [1.29, 1.82) is 0 Å². The lowest BCUT2D eigenvalue weighted by molar-refractivity contribution is -0.135. The van der Waals surface area contributed by atoms with Gasteiger partial charge in [-0.15, -0.1) is 0 Å². The zero-order valence-corrected chi connectivity index (χ0v) is 14.8. The highest BCUT2D eigenvalue weighted by molar-refractivity contribution is 6.14. The molecule has 0 aliphatic rings. The van der Waals surface area contributed by atoms with E-state index in [0.29, 0.717) is 11.8 Å². The molecule has 0 fully saturated rings. The maximum Gasteiger partial charge on any atom is 0.239 e. The van der Waals surface area contributed by atoms with E-state index in [-0.39, 0.29) is 0 Å². The number of nitrogens with one attached hydrogen (secondary N) is 2. The molecule has 0 saturated carbocycles. The van der Waals surface area contributed by atoms with Crippen molar-refractivity contribution >= 4 is 23.2 Å². The van der Waals surface area contributed by atoms with E-state index in [4.69, 9.17) is 0 Å². The van der Waals surface area contributed by atoms with Crippen molar-refractivity contribution in [3.05, 3.63) is 58.9 Å². The first kappa shape index (κ1) is 19.5. The number of hydrogen-bond donors (Lipinski definition) is 2. The highest BCUT2D eigenvalue weighted by atomic mass is 19.2. The molecule has 0 atom stereocenters. The normalized spacial score (nSPS) is 11.2. The summed E-state index contributed by atoms with van der Waals surface area (Å²) >= 11 is 0. The van der Waals surface area contributed by atoms with Gasteiger partial charge in [0.05, 0.1) is 5.69 Å². The summed E-state index contributed by atoms with van der Waals surface area (Å²) in [4.78, 5) is 25.0. The van der Waals surface area contributed by atoms with Crippen LogP contribution in [0.5, 0.6) is 0 Å². The van der Waals surface area contributed by atoms with Gasteiger partial charge in [-0.1, -0.05) is 18.2 Å². The molecule has 2 N–H and O–H groups in total. The summed E-state index contributed by atoms with van der Waals surface area (Å²) < 4.78 is 40.0. The van der Waals surface area contributed by atoms with Gasteiger partial charge in [0.25, 0.3) is 0 Å². The van der Waals surface area contributed by atoms with Crippen LogP contribution in [0.2, 0.25) is 0 Å². The standard InChI is InChI=1S/C19H19F3N2O2/c1-10-6-5-7-11(2)16(10)24-18(26)19(3,4)17(25)23-13-9-8-12(20)14(21)15(13)22/h5-9H,1-4H3,(H,23,25)(H,24,26). The second kappa shape index (κ2) is 7.19. The molecule has 0 spiro atoms. The van der Waals surface area contributed by atoms with E-state index in [2.05, 4.69) is 10.6 Å². The molecular formula is C19H19F3N2O2. The topological polar surface area (TPSA) is 58.2 Å². The summed E-state index contributed by atoms with van der Waals surface area (Å²) in [6.45, 7) is 6.32. The monoisotopic (exact) mass is 364 g/mol. The fraction of sp³-hybridized carbons (Fsp3) is 0.263. The van der Waals surface area contributed by atoms with Crippen LogP contribution in [-0.4, -0.2) is 11.8 Å². The molecule has 0 heterocycles. The minimum Gasteiger partial charge on any atom is -0.325 e. The minimum atomic E-state index is -1.69. The van der Waals surface area contributed by atoms with Gasteiger partial charge in [0, 0.05) is 5.69 Å². The molecule has 4 nitrogen and oxygen atoms in total. The van der Waals surface area contributed by atoms with Gasteiger partial charge in [-0.3, -0.25) is 9.59 Å². The Kier molecular flexibility index (Phi) is 5.39. The van der Waals surface area contributed by atoms with Crippen LogP contribution in [0.3, 0.4) is 0 Å². The quantitative estimate of drug-likeness (QED) is 0.627. The molecule has 26 heavy (non-hydrogen) atoms. The molecular weight excluding hydrogens is 345 g/mol. The molecule has 7 heteroatoms. The van der Waals surface area contributed by atoms with Crippen molar-refractivity contribution in [2.75, 3.05) is 10.6 Å². The van der Waals surface area contributed by atoms with E-state index in [1.165, 1.54) is 13.8 Å². The van der Waals surface area contributed by atoms with Gasteiger partial charge in [-0.2, -0.15) is 0 Å². The Balaban J connectivity index is 2.22. The summed E-state index contributed by atoms with van der Waals surface area (Å²) in [6, 6.07) is 7.05. The maximum absolute atomic E-state index is 13.7. The van der Waals surface area contributed by atoms with Crippen LogP contribution in [0.15, 0.2) is 30.3 Å². The number of hydrogen-bond acceptors (Lipinski definition) is 2. The van der Waals surface area contributed by atoms with Crippen molar-refractivity contribution in [2.24, 2.45) is 5.41 Å². The van der Waals surface area contributed by atoms with Gasteiger partial charge in [-0.25, -0.2) is 13.2 Å². The number of benzene rings is 2.